The maximum Gasteiger partial charge on any atom is 0.431 e. The van der Waals surface area contributed by atoms with Crippen molar-refractivity contribution in [3.8, 4) is 11.6 Å². The number of hydrogen-bond donors (Lipinski definition) is 0. The Balaban J connectivity index is 1.81. The van der Waals surface area contributed by atoms with E-state index in [-0.39, 0.29) is 5.88 Å². The van der Waals surface area contributed by atoms with Crippen LogP contribution in [0.15, 0.2) is 59.6 Å². The van der Waals surface area contributed by atoms with Crippen molar-refractivity contribution in [1.29, 1.82) is 0 Å². The van der Waals surface area contributed by atoms with Gasteiger partial charge < -0.3 is 9.47 Å². The molecule has 1 fully saturated rings. The van der Waals surface area contributed by atoms with Crippen LogP contribution in [-0.2, 0) is 9.53 Å². The summed E-state index contributed by atoms with van der Waals surface area (Å²) in [6.07, 6.45) is -12.0. The van der Waals surface area contributed by atoms with Gasteiger partial charge in [-0.3, -0.25) is 4.79 Å². The Hall–Kier alpha value is -2.75. The standard InChI is InChI=1S/C22H18ClF6NO3/c1-20(2)13(11-15(23)21(24,25)26)17(20)19(31)33-18(22(27,28)29)14-9-6-10-16(30-14)32-12-7-4-3-5-8-12/h3-11,13,17-18H,1-2H3. The molecule has 1 aromatic carbocycles. The molecule has 0 N–H and O–H groups in total. The Morgan fingerprint density at radius 3 is 2.27 bits per heavy atom. The quantitative estimate of drug-likeness (QED) is 0.322. The van der Waals surface area contributed by atoms with Gasteiger partial charge in [0.2, 0.25) is 12.0 Å². The first-order valence-electron chi connectivity index (χ1n) is 9.63. The van der Waals surface area contributed by atoms with Crippen molar-refractivity contribution in [2.24, 2.45) is 17.3 Å². The summed E-state index contributed by atoms with van der Waals surface area (Å²) >= 11 is 5.23. The number of carbonyl (C=O) groups excluding carboxylic acids is 1. The molecule has 3 rings (SSSR count). The Bertz CT molecular complexity index is 1040. The third-order valence-electron chi connectivity index (χ3n) is 5.27. The molecule has 4 nitrogen and oxygen atoms in total. The lowest BCUT2D eigenvalue weighted by molar-refractivity contribution is -0.226. The first-order valence-corrected chi connectivity index (χ1v) is 10.0. The molecular formula is C22H18ClF6NO3. The third-order valence-corrected chi connectivity index (χ3v) is 5.61. The predicted octanol–water partition coefficient (Wildman–Crippen LogP) is 6.98. The molecule has 33 heavy (non-hydrogen) atoms. The minimum Gasteiger partial charge on any atom is -0.446 e. The molecule has 0 amide bonds. The molecule has 1 aromatic heterocycles. The van der Waals surface area contributed by atoms with Crippen molar-refractivity contribution in [3.05, 3.63) is 65.3 Å². The van der Waals surface area contributed by atoms with E-state index >= 15 is 0 Å². The third kappa shape index (κ3) is 5.79. The van der Waals surface area contributed by atoms with Crippen LogP contribution in [0.2, 0.25) is 0 Å². The zero-order chi connectivity index (χ0) is 24.6. The summed E-state index contributed by atoms with van der Waals surface area (Å²) in [6.45, 7) is 2.88. The van der Waals surface area contributed by atoms with Crippen molar-refractivity contribution in [3.63, 3.8) is 0 Å². The summed E-state index contributed by atoms with van der Waals surface area (Å²) < 4.78 is 89.5. The fourth-order valence-electron chi connectivity index (χ4n) is 3.42. The van der Waals surface area contributed by atoms with Crippen LogP contribution in [0.4, 0.5) is 26.3 Å². The molecule has 3 unspecified atom stereocenters. The number of benzene rings is 1. The lowest BCUT2D eigenvalue weighted by atomic mass is 10.1. The number of para-hydroxylation sites is 1. The van der Waals surface area contributed by atoms with Crippen molar-refractivity contribution >= 4 is 17.6 Å². The van der Waals surface area contributed by atoms with Crippen LogP contribution in [0.1, 0.15) is 25.6 Å². The van der Waals surface area contributed by atoms with Gasteiger partial charge in [0.05, 0.1) is 11.6 Å². The van der Waals surface area contributed by atoms with Crippen molar-refractivity contribution in [2.75, 3.05) is 0 Å². The van der Waals surface area contributed by atoms with Gasteiger partial charge in [-0.2, -0.15) is 26.3 Å². The molecule has 178 valence electrons. The van der Waals surface area contributed by atoms with Crippen LogP contribution >= 0.6 is 11.6 Å². The molecule has 2 aromatic rings. The van der Waals surface area contributed by atoms with E-state index in [1.807, 2.05) is 0 Å². The highest BCUT2D eigenvalue weighted by Crippen LogP contribution is 2.61. The lowest BCUT2D eigenvalue weighted by Crippen LogP contribution is -2.28. The molecule has 3 atom stereocenters. The van der Waals surface area contributed by atoms with Gasteiger partial charge >= 0.3 is 18.3 Å². The Morgan fingerprint density at radius 1 is 1.06 bits per heavy atom. The number of nitrogens with zero attached hydrogens (tertiary/aromatic N) is 1. The van der Waals surface area contributed by atoms with Crippen LogP contribution in [-0.4, -0.2) is 23.3 Å². The van der Waals surface area contributed by atoms with Crippen LogP contribution < -0.4 is 4.74 Å². The normalized spacial score (nSPS) is 21.3. The lowest BCUT2D eigenvalue weighted by Gasteiger charge is -2.21. The number of aromatic nitrogens is 1. The van der Waals surface area contributed by atoms with Crippen molar-refractivity contribution in [1.82, 2.24) is 4.98 Å². The molecule has 0 radical (unpaired) electrons. The van der Waals surface area contributed by atoms with Crippen molar-refractivity contribution in [2.45, 2.75) is 32.3 Å². The summed E-state index contributed by atoms with van der Waals surface area (Å²) in [7, 11) is 0. The van der Waals surface area contributed by atoms with Gasteiger partial charge in [0, 0.05) is 6.07 Å². The smallest absolute Gasteiger partial charge is 0.431 e. The Kier molecular flexibility index (Phi) is 6.70. The molecule has 1 heterocycles. The zero-order valence-corrected chi connectivity index (χ0v) is 18.0. The van der Waals surface area contributed by atoms with Crippen molar-refractivity contribution < 1.29 is 40.6 Å². The van der Waals surface area contributed by atoms with E-state index in [1.165, 1.54) is 26.0 Å². The van der Waals surface area contributed by atoms with Gasteiger partial charge in [-0.25, -0.2) is 4.98 Å². The van der Waals surface area contributed by atoms with Gasteiger partial charge in [-0.05, 0) is 29.5 Å². The topological polar surface area (TPSA) is 48.4 Å². The van der Waals surface area contributed by atoms with E-state index in [1.54, 1.807) is 30.3 Å². The minimum absolute atomic E-state index is 0.159. The van der Waals surface area contributed by atoms with Gasteiger partial charge in [-0.1, -0.05) is 55.8 Å². The molecule has 0 bridgehead atoms. The van der Waals surface area contributed by atoms with E-state index < -0.39 is 52.4 Å². The zero-order valence-electron chi connectivity index (χ0n) is 17.2. The summed E-state index contributed by atoms with van der Waals surface area (Å²) in [5, 5.41) is -1.45. The number of pyridine rings is 1. The molecule has 1 aliphatic rings. The maximum atomic E-state index is 13.7. The first kappa shape index (κ1) is 24.9. The number of rotatable bonds is 6. The minimum atomic E-state index is -5.03. The number of carbonyl (C=O) groups is 1. The SMILES string of the molecule is CC1(C)C(C=C(Cl)C(F)(F)F)C1C(=O)OC(c1cccc(Oc2ccccc2)n1)C(F)(F)F. The fourth-order valence-corrected chi connectivity index (χ4v) is 3.55. The average Bonchev–Trinajstić information content (AvgIpc) is 3.25. The van der Waals surface area contributed by atoms with E-state index in [9.17, 15) is 31.1 Å². The summed E-state index contributed by atoms with van der Waals surface area (Å²) in [5.41, 5.74) is -1.70. The predicted molar refractivity (Wildman–Crippen MR) is 106 cm³/mol. The maximum absolute atomic E-state index is 13.7. The highest BCUT2D eigenvalue weighted by molar-refractivity contribution is 6.30. The summed E-state index contributed by atoms with van der Waals surface area (Å²) in [4.78, 5) is 16.3. The number of halogens is 7. The number of alkyl halides is 6. The van der Waals surface area contributed by atoms with Crippen LogP contribution in [0.25, 0.3) is 0 Å². The second kappa shape index (κ2) is 8.89. The first-order chi connectivity index (χ1) is 15.2. The van der Waals surface area contributed by atoms with E-state index in [2.05, 4.69) is 4.98 Å². The summed E-state index contributed by atoms with van der Waals surface area (Å²) in [5.74, 6) is -3.39. The van der Waals surface area contributed by atoms with Crippen LogP contribution in [0, 0.1) is 17.3 Å². The molecule has 0 saturated heterocycles. The number of ether oxygens (including phenoxy) is 2. The van der Waals surface area contributed by atoms with Gasteiger partial charge in [0.15, 0.2) is 0 Å². The number of esters is 1. The highest BCUT2D eigenvalue weighted by atomic mass is 35.5. The average molecular weight is 494 g/mol. The summed E-state index contributed by atoms with van der Waals surface area (Å²) in [6, 6.07) is 11.8. The molecular weight excluding hydrogens is 476 g/mol. The van der Waals surface area contributed by atoms with Gasteiger partial charge in [-0.15, -0.1) is 0 Å². The van der Waals surface area contributed by atoms with Crippen LogP contribution in [0.3, 0.4) is 0 Å². The molecule has 1 saturated carbocycles. The van der Waals surface area contributed by atoms with Gasteiger partial charge in [0.25, 0.3) is 0 Å². The van der Waals surface area contributed by atoms with E-state index in [0.717, 1.165) is 6.07 Å². The molecule has 0 spiro atoms. The molecule has 11 heteroatoms. The second-order valence-corrected chi connectivity index (χ2v) is 8.42. The van der Waals surface area contributed by atoms with Gasteiger partial charge in [0.1, 0.15) is 10.8 Å². The molecule has 1 aliphatic carbocycles. The Morgan fingerprint density at radius 2 is 1.70 bits per heavy atom. The van der Waals surface area contributed by atoms with Crippen LogP contribution in [0.5, 0.6) is 11.6 Å². The largest absolute Gasteiger partial charge is 0.446 e. The number of allylic oxidation sites excluding steroid dienone is 2. The Labute approximate surface area is 190 Å². The fraction of sp³-hybridized carbons (Fsp3) is 0.364. The van der Waals surface area contributed by atoms with E-state index in [0.29, 0.717) is 11.8 Å². The second-order valence-electron chi connectivity index (χ2n) is 8.01. The monoisotopic (exact) mass is 493 g/mol. The highest BCUT2D eigenvalue weighted by Gasteiger charge is 2.63. The van der Waals surface area contributed by atoms with E-state index in [4.69, 9.17) is 21.1 Å². The number of hydrogen-bond acceptors (Lipinski definition) is 4. The molecule has 0 aliphatic heterocycles.